The third kappa shape index (κ3) is 6.22. The number of hydrogen-bond donors (Lipinski definition) is 3. The summed E-state index contributed by atoms with van der Waals surface area (Å²) in [6, 6.07) is 3.85. The summed E-state index contributed by atoms with van der Waals surface area (Å²) in [6.45, 7) is 9.15. The standard InChI is InChI=1S/C16H26ClNO3/c1-10(2)14-6-15(17)11(3)5-16(14)21-9-13(20)8-18-7-12(4)19/h5-6,10,12-13,18-20H,7-9H2,1-4H3/p+1/t12-,13+/m1/s1. The molecular formula is C16H27ClNO3+. The minimum Gasteiger partial charge on any atom is -0.490 e. The second kappa shape index (κ2) is 8.59. The Labute approximate surface area is 132 Å². The van der Waals surface area contributed by atoms with Crippen LogP contribution in [0.4, 0.5) is 0 Å². The van der Waals surface area contributed by atoms with E-state index in [0.717, 1.165) is 21.9 Å². The lowest BCUT2D eigenvalue weighted by Gasteiger charge is -2.17. The Kier molecular flexibility index (Phi) is 7.46. The highest BCUT2D eigenvalue weighted by atomic mass is 35.5. The van der Waals surface area contributed by atoms with Gasteiger partial charge in [0.25, 0.3) is 0 Å². The maximum absolute atomic E-state index is 9.91. The molecule has 0 saturated heterocycles. The van der Waals surface area contributed by atoms with Gasteiger partial charge in [0.2, 0.25) is 0 Å². The molecule has 1 aromatic carbocycles. The van der Waals surface area contributed by atoms with E-state index in [1.807, 2.05) is 24.4 Å². The number of quaternary nitrogens is 1. The SMILES string of the molecule is Cc1cc(OC[C@@H](O)C[NH2+]C[C@@H](C)O)c(C(C)C)cc1Cl. The van der Waals surface area contributed by atoms with Crippen molar-refractivity contribution >= 4 is 11.6 Å². The number of rotatable bonds is 8. The van der Waals surface area contributed by atoms with Crippen LogP contribution in [0.3, 0.4) is 0 Å². The van der Waals surface area contributed by atoms with E-state index in [0.29, 0.717) is 19.0 Å². The lowest BCUT2D eigenvalue weighted by Crippen LogP contribution is -2.88. The van der Waals surface area contributed by atoms with Crippen LogP contribution in [0.25, 0.3) is 0 Å². The molecule has 0 aromatic heterocycles. The summed E-state index contributed by atoms with van der Waals surface area (Å²) in [5.41, 5.74) is 2.01. The highest BCUT2D eigenvalue weighted by molar-refractivity contribution is 6.31. The normalized spacial score (nSPS) is 14.3. The molecule has 0 aliphatic heterocycles. The quantitative estimate of drug-likeness (QED) is 0.680. The minimum absolute atomic E-state index is 0.233. The number of nitrogens with two attached hydrogens (primary N) is 1. The van der Waals surface area contributed by atoms with Gasteiger partial charge in [-0.05, 0) is 43.0 Å². The van der Waals surface area contributed by atoms with Crippen LogP contribution in [0.5, 0.6) is 5.75 Å². The Hall–Kier alpha value is -0.810. The van der Waals surface area contributed by atoms with Gasteiger partial charge in [0.05, 0.1) is 6.10 Å². The summed E-state index contributed by atoms with van der Waals surface area (Å²) in [5.74, 6) is 1.08. The average molecular weight is 317 g/mol. The van der Waals surface area contributed by atoms with Crippen LogP contribution in [0, 0.1) is 6.92 Å². The summed E-state index contributed by atoms with van der Waals surface area (Å²) in [6.07, 6.45) is -0.940. The van der Waals surface area contributed by atoms with Gasteiger partial charge in [0.1, 0.15) is 31.5 Å². The smallest absolute Gasteiger partial charge is 0.137 e. The highest BCUT2D eigenvalue weighted by Crippen LogP contribution is 2.32. The number of ether oxygens (including phenoxy) is 1. The van der Waals surface area contributed by atoms with Crippen molar-refractivity contribution in [3.05, 3.63) is 28.3 Å². The van der Waals surface area contributed by atoms with Crippen molar-refractivity contribution in [2.75, 3.05) is 19.7 Å². The van der Waals surface area contributed by atoms with Crippen molar-refractivity contribution in [3.63, 3.8) is 0 Å². The predicted molar refractivity (Wildman–Crippen MR) is 85.1 cm³/mol. The van der Waals surface area contributed by atoms with Gasteiger partial charge in [-0.1, -0.05) is 25.4 Å². The van der Waals surface area contributed by atoms with E-state index >= 15 is 0 Å². The summed E-state index contributed by atoms with van der Waals surface area (Å²) in [5, 5.41) is 21.7. The first kappa shape index (κ1) is 18.2. The molecule has 0 radical (unpaired) electrons. The van der Waals surface area contributed by atoms with Gasteiger partial charge in [-0.25, -0.2) is 0 Å². The molecule has 1 aromatic rings. The molecule has 1 rings (SSSR count). The van der Waals surface area contributed by atoms with Crippen LogP contribution in [0.15, 0.2) is 12.1 Å². The zero-order chi connectivity index (χ0) is 16.0. The predicted octanol–water partition coefficient (Wildman–Crippen LogP) is 1.46. The first-order valence-corrected chi connectivity index (χ1v) is 7.79. The third-order valence-electron chi connectivity index (χ3n) is 3.29. The van der Waals surface area contributed by atoms with Gasteiger partial charge >= 0.3 is 0 Å². The zero-order valence-corrected chi connectivity index (χ0v) is 14.0. The molecule has 0 spiro atoms. The molecule has 0 unspecified atom stereocenters. The minimum atomic E-state index is -0.570. The first-order chi connectivity index (χ1) is 9.81. The molecule has 0 aliphatic carbocycles. The topological polar surface area (TPSA) is 66.3 Å². The molecule has 21 heavy (non-hydrogen) atoms. The van der Waals surface area contributed by atoms with E-state index in [-0.39, 0.29) is 12.7 Å². The number of benzene rings is 1. The largest absolute Gasteiger partial charge is 0.490 e. The van der Waals surface area contributed by atoms with Crippen molar-refractivity contribution < 1.29 is 20.3 Å². The molecule has 0 aliphatic rings. The average Bonchev–Trinajstić information content (AvgIpc) is 2.39. The molecule has 5 heteroatoms. The number of aryl methyl sites for hydroxylation is 1. The fourth-order valence-electron chi connectivity index (χ4n) is 2.03. The van der Waals surface area contributed by atoms with Crippen molar-refractivity contribution in [1.82, 2.24) is 0 Å². The summed E-state index contributed by atoms with van der Waals surface area (Å²) >= 11 is 6.16. The van der Waals surface area contributed by atoms with Gasteiger partial charge in [-0.2, -0.15) is 0 Å². The van der Waals surface area contributed by atoms with Crippen molar-refractivity contribution in [1.29, 1.82) is 0 Å². The number of halogens is 1. The van der Waals surface area contributed by atoms with E-state index in [4.69, 9.17) is 16.3 Å². The number of aliphatic hydroxyl groups is 2. The van der Waals surface area contributed by atoms with E-state index in [2.05, 4.69) is 13.8 Å². The first-order valence-electron chi connectivity index (χ1n) is 7.41. The summed E-state index contributed by atoms with van der Waals surface area (Å²) in [4.78, 5) is 0. The van der Waals surface area contributed by atoms with Crippen LogP contribution in [-0.2, 0) is 0 Å². The van der Waals surface area contributed by atoms with E-state index in [9.17, 15) is 10.2 Å². The van der Waals surface area contributed by atoms with Crippen LogP contribution < -0.4 is 10.1 Å². The van der Waals surface area contributed by atoms with Gasteiger partial charge in [-0.15, -0.1) is 0 Å². The second-order valence-corrected chi connectivity index (χ2v) is 6.28. The van der Waals surface area contributed by atoms with Gasteiger partial charge in [0, 0.05) is 5.02 Å². The van der Waals surface area contributed by atoms with Crippen LogP contribution >= 0.6 is 11.6 Å². The lowest BCUT2D eigenvalue weighted by atomic mass is 10.0. The fourth-order valence-corrected chi connectivity index (χ4v) is 2.20. The van der Waals surface area contributed by atoms with Crippen LogP contribution in [0.1, 0.15) is 37.8 Å². The Bertz CT molecular complexity index is 449. The molecule has 4 nitrogen and oxygen atoms in total. The second-order valence-electron chi connectivity index (χ2n) is 5.87. The molecule has 120 valence electrons. The van der Waals surface area contributed by atoms with Gasteiger partial charge in [-0.3, -0.25) is 0 Å². The van der Waals surface area contributed by atoms with Crippen LogP contribution in [-0.4, -0.2) is 42.1 Å². The van der Waals surface area contributed by atoms with Gasteiger partial charge in [0.15, 0.2) is 0 Å². The van der Waals surface area contributed by atoms with Gasteiger partial charge < -0.3 is 20.3 Å². The Morgan fingerprint density at radius 2 is 1.86 bits per heavy atom. The number of aliphatic hydroxyl groups excluding tert-OH is 2. The van der Waals surface area contributed by atoms with E-state index < -0.39 is 6.10 Å². The monoisotopic (exact) mass is 316 g/mol. The van der Waals surface area contributed by atoms with E-state index in [1.165, 1.54) is 0 Å². The molecular weight excluding hydrogens is 290 g/mol. The van der Waals surface area contributed by atoms with Crippen LogP contribution in [0.2, 0.25) is 5.02 Å². The Balaban J connectivity index is 2.60. The molecule has 0 amide bonds. The molecule has 0 saturated carbocycles. The molecule has 4 N–H and O–H groups in total. The molecule has 0 bridgehead atoms. The number of hydrogen-bond acceptors (Lipinski definition) is 3. The highest BCUT2D eigenvalue weighted by Gasteiger charge is 2.14. The maximum atomic E-state index is 9.91. The summed E-state index contributed by atoms with van der Waals surface area (Å²) < 4.78 is 5.76. The van der Waals surface area contributed by atoms with E-state index in [1.54, 1.807) is 6.92 Å². The van der Waals surface area contributed by atoms with Crippen molar-refractivity contribution in [2.45, 2.75) is 45.8 Å². The Morgan fingerprint density at radius 1 is 1.19 bits per heavy atom. The summed E-state index contributed by atoms with van der Waals surface area (Å²) in [7, 11) is 0. The molecule has 2 atom stereocenters. The maximum Gasteiger partial charge on any atom is 0.137 e. The van der Waals surface area contributed by atoms with Crippen molar-refractivity contribution in [3.8, 4) is 5.75 Å². The molecule has 0 heterocycles. The molecule has 0 fully saturated rings. The zero-order valence-electron chi connectivity index (χ0n) is 13.3. The Morgan fingerprint density at radius 3 is 2.43 bits per heavy atom. The third-order valence-corrected chi connectivity index (χ3v) is 3.70. The lowest BCUT2D eigenvalue weighted by molar-refractivity contribution is -0.666. The van der Waals surface area contributed by atoms with Crippen molar-refractivity contribution in [2.24, 2.45) is 0 Å². The fraction of sp³-hybridized carbons (Fsp3) is 0.625.